The second kappa shape index (κ2) is 12.8. The van der Waals surface area contributed by atoms with E-state index in [0.29, 0.717) is 12.4 Å². The van der Waals surface area contributed by atoms with Crippen molar-refractivity contribution in [3.63, 3.8) is 0 Å². The van der Waals surface area contributed by atoms with E-state index in [1.807, 2.05) is 48.5 Å². The van der Waals surface area contributed by atoms with Gasteiger partial charge in [-0.1, -0.05) is 42.0 Å². The van der Waals surface area contributed by atoms with Crippen molar-refractivity contribution in [3.8, 4) is 17.2 Å². The zero-order chi connectivity index (χ0) is 25.2. The van der Waals surface area contributed by atoms with Gasteiger partial charge < -0.3 is 19.1 Å². The molecule has 0 aliphatic rings. The third-order valence-electron chi connectivity index (χ3n) is 5.62. The van der Waals surface area contributed by atoms with Crippen LogP contribution in [-0.2, 0) is 11.2 Å². The number of hydrogen-bond acceptors (Lipinski definition) is 5. The largest absolute Gasteiger partial charge is 0.497 e. The van der Waals surface area contributed by atoms with Gasteiger partial charge in [-0.05, 0) is 92.5 Å². The Hall–Kier alpha value is -3.57. The maximum atomic E-state index is 11.3. The molecule has 0 amide bonds. The van der Waals surface area contributed by atoms with Crippen LogP contribution in [0.2, 0.25) is 0 Å². The number of hydrogen-bond donors (Lipinski definition) is 0. The standard InChI is InChI=1S/C30H35NO4/c1-22(21-24-7-13-27(33-5)14-8-24)30(26-11-17-29(18-12-26)35-23(2)32)25-9-15-28(16-10-25)34-20-6-19-31(3)4/h7-18H,6,19-21H2,1-5H3/b30-22-. The molecule has 3 rings (SSSR count). The van der Waals surface area contributed by atoms with Gasteiger partial charge in [0.2, 0.25) is 0 Å². The SMILES string of the molecule is COc1ccc(C/C(C)=C(/c2ccc(OCCCN(C)C)cc2)c2ccc(OC(C)=O)cc2)cc1. The third kappa shape index (κ3) is 8.01. The van der Waals surface area contributed by atoms with Crippen LogP contribution in [0.1, 0.15) is 37.0 Å². The third-order valence-corrected chi connectivity index (χ3v) is 5.62. The van der Waals surface area contributed by atoms with Crippen LogP contribution in [0.5, 0.6) is 17.2 Å². The van der Waals surface area contributed by atoms with Crippen LogP contribution in [0.25, 0.3) is 5.57 Å². The molecule has 3 aromatic rings. The quantitative estimate of drug-likeness (QED) is 0.194. The molecule has 0 unspecified atom stereocenters. The van der Waals surface area contributed by atoms with Crippen molar-refractivity contribution in [1.82, 2.24) is 4.90 Å². The van der Waals surface area contributed by atoms with Crippen LogP contribution in [0, 0.1) is 0 Å². The average molecular weight is 474 g/mol. The highest BCUT2D eigenvalue weighted by molar-refractivity contribution is 5.82. The minimum atomic E-state index is -0.328. The first-order chi connectivity index (χ1) is 16.9. The summed E-state index contributed by atoms with van der Waals surface area (Å²) < 4.78 is 16.4. The minimum Gasteiger partial charge on any atom is -0.497 e. The van der Waals surface area contributed by atoms with E-state index in [-0.39, 0.29) is 5.97 Å². The molecule has 5 heteroatoms. The summed E-state index contributed by atoms with van der Waals surface area (Å²) in [6.45, 7) is 5.25. The van der Waals surface area contributed by atoms with Gasteiger partial charge in [0.1, 0.15) is 17.2 Å². The summed E-state index contributed by atoms with van der Waals surface area (Å²) in [7, 11) is 5.80. The number of esters is 1. The molecular weight excluding hydrogens is 438 g/mol. The van der Waals surface area contributed by atoms with Gasteiger partial charge in [-0.15, -0.1) is 0 Å². The van der Waals surface area contributed by atoms with E-state index < -0.39 is 0 Å². The van der Waals surface area contributed by atoms with Crippen molar-refractivity contribution in [2.75, 3.05) is 34.4 Å². The average Bonchev–Trinajstić information content (AvgIpc) is 2.84. The van der Waals surface area contributed by atoms with Gasteiger partial charge >= 0.3 is 5.97 Å². The molecule has 5 nitrogen and oxygen atoms in total. The molecule has 0 fully saturated rings. The Morgan fingerprint density at radius 2 is 1.31 bits per heavy atom. The van der Waals surface area contributed by atoms with Crippen LogP contribution < -0.4 is 14.2 Å². The monoisotopic (exact) mass is 473 g/mol. The highest BCUT2D eigenvalue weighted by atomic mass is 16.5. The zero-order valence-electron chi connectivity index (χ0n) is 21.3. The zero-order valence-corrected chi connectivity index (χ0v) is 21.3. The Morgan fingerprint density at radius 3 is 1.83 bits per heavy atom. The molecule has 0 radical (unpaired) electrons. The van der Waals surface area contributed by atoms with Gasteiger partial charge in [0.05, 0.1) is 13.7 Å². The summed E-state index contributed by atoms with van der Waals surface area (Å²) >= 11 is 0. The Morgan fingerprint density at radius 1 is 0.771 bits per heavy atom. The number of carbonyl (C=O) groups excluding carboxylic acids is 1. The molecule has 0 spiro atoms. The molecule has 0 bridgehead atoms. The highest BCUT2D eigenvalue weighted by Gasteiger charge is 2.12. The van der Waals surface area contributed by atoms with Crippen LogP contribution in [0.4, 0.5) is 0 Å². The second-order valence-electron chi connectivity index (χ2n) is 8.83. The molecule has 184 valence electrons. The first kappa shape index (κ1) is 26.0. The summed E-state index contributed by atoms with van der Waals surface area (Å²) in [5.41, 5.74) is 5.76. The van der Waals surface area contributed by atoms with Gasteiger partial charge in [0.15, 0.2) is 0 Å². The smallest absolute Gasteiger partial charge is 0.308 e. The lowest BCUT2D eigenvalue weighted by atomic mass is 9.90. The van der Waals surface area contributed by atoms with E-state index in [2.05, 4.69) is 50.2 Å². The van der Waals surface area contributed by atoms with E-state index in [4.69, 9.17) is 14.2 Å². The minimum absolute atomic E-state index is 0.328. The maximum Gasteiger partial charge on any atom is 0.308 e. The summed E-state index contributed by atoms with van der Waals surface area (Å²) in [6, 6.07) is 24.1. The normalized spacial score (nSPS) is 11.7. The lowest BCUT2D eigenvalue weighted by Crippen LogP contribution is -2.15. The van der Waals surface area contributed by atoms with Crippen LogP contribution >= 0.6 is 0 Å². The maximum absolute atomic E-state index is 11.3. The number of benzene rings is 3. The van der Waals surface area contributed by atoms with Crippen LogP contribution in [0.3, 0.4) is 0 Å². The van der Waals surface area contributed by atoms with Gasteiger partial charge in [0, 0.05) is 13.5 Å². The van der Waals surface area contributed by atoms with Gasteiger partial charge in [-0.2, -0.15) is 0 Å². The Kier molecular flexibility index (Phi) is 9.50. The molecule has 0 atom stereocenters. The Bertz CT molecular complexity index is 1110. The molecule has 35 heavy (non-hydrogen) atoms. The molecule has 3 aromatic carbocycles. The van der Waals surface area contributed by atoms with Crippen molar-refractivity contribution in [2.24, 2.45) is 0 Å². The molecule has 0 aliphatic heterocycles. The van der Waals surface area contributed by atoms with Gasteiger partial charge in [-0.3, -0.25) is 4.79 Å². The molecule has 0 aromatic heterocycles. The van der Waals surface area contributed by atoms with E-state index in [1.54, 1.807) is 7.11 Å². The fourth-order valence-electron chi connectivity index (χ4n) is 3.94. The van der Waals surface area contributed by atoms with Crippen molar-refractivity contribution >= 4 is 11.5 Å². The predicted molar refractivity (Wildman–Crippen MR) is 141 cm³/mol. The summed E-state index contributed by atoms with van der Waals surface area (Å²) in [6.07, 6.45) is 1.78. The number of rotatable bonds is 11. The summed E-state index contributed by atoms with van der Waals surface area (Å²) in [4.78, 5) is 13.5. The lowest BCUT2D eigenvalue weighted by molar-refractivity contribution is -0.131. The fourth-order valence-corrected chi connectivity index (χ4v) is 3.94. The number of ether oxygens (including phenoxy) is 3. The molecule has 0 N–H and O–H groups in total. The van der Waals surface area contributed by atoms with Gasteiger partial charge in [-0.25, -0.2) is 0 Å². The topological polar surface area (TPSA) is 48.0 Å². The molecule has 0 aliphatic carbocycles. The number of carbonyl (C=O) groups is 1. The molecule has 0 heterocycles. The number of nitrogens with zero attached hydrogens (tertiary/aromatic N) is 1. The van der Waals surface area contributed by atoms with Crippen molar-refractivity contribution < 1.29 is 19.0 Å². The predicted octanol–water partition coefficient (Wildman–Crippen LogP) is 6.02. The summed E-state index contributed by atoms with van der Waals surface area (Å²) in [5, 5.41) is 0. The molecule has 0 saturated heterocycles. The van der Waals surface area contributed by atoms with Crippen molar-refractivity contribution in [3.05, 3.63) is 95.1 Å². The number of methoxy groups -OCH3 is 1. The van der Waals surface area contributed by atoms with Crippen molar-refractivity contribution in [2.45, 2.75) is 26.7 Å². The van der Waals surface area contributed by atoms with E-state index in [9.17, 15) is 4.79 Å². The van der Waals surface area contributed by atoms with E-state index in [1.165, 1.54) is 18.1 Å². The van der Waals surface area contributed by atoms with E-state index in [0.717, 1.165) is 47.6 Å². The highest BCUT2D eigenvalue weighted by Crippen LogP contribution is 2.31. The molecular formula is C30H35NO4. The van der Waals surface area contributed by atoms with Crippen LogP contribution in [-0.4, -0.2) is 45.2 Å². The lowest BCUT2D eigenvalue weighted by Gasteiger charge is -2.16. The Balaban J connectivity index is 1.88. The summed E-state index contributed by atoms with van der Waals surface area (Å²) in [5.74, 6) is 1.92. The first-order valence-electron chi connectivity index (χ1n) is 11.8. The van der Waals surface area contributed by atoms with Crippen molar-refractivity contribution in [1.29, 1.82) is 0 Å². The van der Waals surface area contributed by atoms with Crippen LogP contribution in [0.15, 0.2) is 78.4 Å². The van der Waals surface area contributed by atoms with E-state index >= 15 is 0 Å². The first-order valence-corrected chi connectivity index (χ1v) is 11.8. The number of allylic oxidation sites excluding steroid dienone is 1. The second-order valence-corrected chi connectivity index (χ2v) is 8.83. The molecule has 0 saturated carbocycles. The Labute approximate surface area is 208 Å². The van der Waals surface area contributed by atoms with Gasteiger partial charge in [0.25, 0.3) is 0 Å². The fraction of sp³-hybridized carbons (Fsp3) is 0.300.